The molecule has 1 saturated carbocycles. The molecule has 12 heteroatoms. The van der Waals surface area contributed by atoms with E-state index in [0.717, 1.165) is 68.1 Å². The highest BCUT2D eigenvalue weighted by Gasteiger charge is 2.28. The summed E-state index contributed by atoms with van der Waals surface area (Å²) in [4.78, 5) is 62.1. The number of hydrogen-bond acceptors (Lipinski definition) is 5. The quantitative estimate of drug-likeness (QED) is 0.189. The van der Waals surface area contributed by atoms with Gasteiger partial charge in [-0.15, -0.1) is 0 Å². The van der Waals surface area contributed by atoms with E-state index in [1.807, 2.05) is 50.8 Å². The number of amides is 2. The van der Waals surface area contributed by atoms with E-state index >= 15 is 0 Å². The van der Waals surface area contributed by atoms with Crippen LogP contribution in [0.5, 0.6) is 0 Å². The van der Waals surface area contributed by atoms with Gasteiger partial charge in [-0.25, -0.2) is 9.79 Å². The summed E-state index contributed by atoms with van der Waals surface area (Å²) in [6, 6.07) is 8.82. The Morgan fingerprint density at radius 1 is 1.02 bits per heavy atom. The lowest BCUT2D eigenvalue weighted by Crippen LogP contribution is -2.45. The van der Waals surface area contributed by atoms with Crippen LogP contribution in [0.4, 0.5) is 5.69 Å². The van der Waals surface area contributed by atoms with Gasteiger partial charge in [0.05, 0.1) is 5.69 Å². The fourth-order valence-corrected chi connectivity index (χ4v) is 6.74. The maximum Gasteiger partial charge on any atom is 0.331 e. The standard InChI is InChI=1S/C35H46N8O4/c1-21(2)33(45)41-16-14-24(15-17-41)29-18-27(30(40-29)31(37)38-20-36)23-10-12-25(13-11-23)39-32(44)28-19-42(22(3)4)35(47)43(34(28)46)26-8-6-5-7-9-26/h10-13,18-22,24,26,40H,5-9,14-17H2,1-4H3,(H,39,44)(H3,36,37,38). The SMILES string of the molecule is CC(C)C(=O)N1CCC(c2cc(-c3ccc(NC(=O)c4cn(C(C)C)c(=O)n(C5CCCCC5)c4=O)cc3)c(C(N)=NC=N)[nH]2)CC1. The number of benzene rings is 1. The lowest BCUT2D eigenvalue weighted by atomic mass is 9.92. The lowest BCUT2D eigenvalue weighted by molar-refractivity contribution is -0.135. The highest BCUT2D eigenvalue weighted by Crippen LogP contribution is 2.34. The zero-order chi connectivity index (χ0) is 33.8. The molecule has 3 aromatic rings. The van der Waals surface area contributed by atoms with Crippen molar-refractivity contribution in [1.29, 1.82) is 5.41 Å². The van der Waals surface area contributed by atoms with Gasteiger partial charge in [-0.05, 0) is 63.3 Å². The summed E-state index contributed by atoms with van der Waals surface area (Å²) in [6.45, 7) is 8.92. The number of aromatic nitrogens is 3. The Bertz CT molecular complexity index is 1770. The first-order chi connectivity index (χ1) is 22.5. The second-order valence-electron chi connectivity index (χ2n) is 13.2. The molecule has 1 aliphatic carbocycles. The van der Waals surface area contributed by atoms with Gasteiger partial charge in [0.1, 0.15) is 17.7 Å². The first-order valence-corrected chi connectivity index (χ1v) is 16.6. The number of carbonyl (C=O) groups excluding carboxylic acids is 2. The third-order valence-corrected chi connectivity index (χ3v) is 9.38. The summed E-state index contributed by atoms with van der Waals surface area (Å²) in [5.41, 5.74) is 8.97. The average molecular weight is 643 g/mol. The van der Waals surface area contributed by atoms with Crippen LogP contribution in [0.15, 0.2) is 51.1 Å². The van der Waals surface area contributed by atoms with Crippen molar-refractivity contribution in [2.75, 3.05) is 18.4 Å². The maximum atomic E-state index is 13.5. The monoisotopic (exact) mass is 642 g/mol. The largest absolute Gasteiger partial charge is 0.382 e. The number of H-pyrrole nitrogens is 1. The Kier molecular flexibility index (Phi) is 10.3. The molecular formula is C35H46N8O4. The lowest BCUT2D eigenvalue weighted by Gasteiger charge is -2.32. The van der Waals surface area contributed by atoms with Gasteiger partial charge in [0.15, 0.2) is 0 Å². The van der Waals surface area contributed by atoms with E-state index < -0.39 is 11.5 Å². The van der Waals surface area contributed by atoms with E-state index in [1.165, 1.54) is 15.3 Å². The smallest absolute Gasteiger partial charge is 0.331 e. The summed E-state index contributed by atoms with van der Waals surface area (Å²) >= 11 is 0. The highest BCUT2D eigenvalue weighted by atomic mass is 16.2. The second-order valence-corrected chi connectivity index (χ2v) is 13.2. The Morgan fingerprint density at radius 2 is 1.68 bits per heavy atom. The number of nitrogens with two attached hydrogens (primary N) is 1. The number of aliphatic imine (C=N–C) groups is 1. The molecule has 1 saturated heterocycles. The number of rotatable bonds is 9. The van der Waals surface area contributed by atoms with Gasteiger partial charge in [-0.3, -0.25) is 28.9 Å². The third-order valence-electron chi connectivity index (χ3n) is 9.38. The van der Waals surface area contributed by atoms with Crippen LogP contribution in [-0.2, 0) is 4.79 Å². The molecule has 0 bridgehead atoms. The molecular weight excluding hydrogens is 596 g/mol. The summed E-state index contributed by atoms with van der Waals surface area (Å²) in [5, 5.41) is 10.3. The van der Waals surface area contributed by atoms with Crippen LogP contribution in [0.3, 0.4) is 0 Å². The molecule has 2 aromatic heterocycles. The summed E-state index contributed by atoms with van der Waals surface area (Å²) in [5.74, 6) is -0.0501. The third kappa shape index (κ3) is 7.16. The van der Waals surface area contributed by atoms with Crippen molar-refractivity contribution in [2.24, 2.45) is 16.6 Å². The Hall–Kier alpha value is -4.74. The molecule has 3 heterocycles. The Balaban J connectivity index is 1.39. The molecule has 2 aliphatic rings. The van der Waals surface area contributed by atoms with Crippen LogP contribution in [0.2, 0.25) is 0 Å². The van der Waals surface area contributed by atoms with E-state index in [4.69, 9.17) is 11.1 Å². The van der Waals surface area contributed by atoms with Crippen molar-refractivity contribution in [2.45, 2.75) is 90.6 Å². The van der Waals surface area contributed by atoms with Gasteiger partial charge in [0, 0.05) is 60.2 Å². The molecule has 5 N–H and O–H groups in total. The summed E-state index contributed by atoms with van der Waals surface area (Å²) < 4.78 is 2.75. The normalized spacial score (nSPS) is 16.6. The molecule has 250 valence electrons. The molecule has 0 radical (unpaired) electrons. The minimum Gasteiger partial charge on any atom is -0.382 e. The van der Waals surface area contributed by atoms with Crippen LogP contribution < -0.4 is 22.3 Å². The first kappa shape index (κ1) is 33.6. The molecule has 47 heavy (non-hydrogen) atoms. The summed E-state index contributed by atoms with van der Waals surface area (Å²) in [6.07, 6.45) is 8.37. The van der Waals surface area contributed by atoms with Gasteiger partial charge in [0.2, 0.25) is 5.91 Å². The van der Waals surface area contributed by atoms with Crippen molar-refractivity contribution in [3.8, 4) is 11.1 Å². The van der Waals surface area contributed by atoms with Crippen molar-refractivity contribution in [3.05, 3.63) is 74.3 Å². The highest BCUT2D eigenvalue weighted by molar-refractivity contribution is 6.05. The van der Waals surface area contributed by atoms with Crippen LogP contribution in [-0.4, -0.2) is 56.1 Å². The van der Waals surface area contributed by atoms with Gasteiger partial charge < -0.3 is 20.9 Å². The zero-order valence-corrected chi connectivity index (χ0v) is 27.7. The zero-order valence-electron chi connectivity index (χ0n) is 27.7. The number of amidine groups is 1. The number of nitrogens with zero attached hydrogens (tertiary/aromatic N) is 4. The van der Waals surface area contributed by atoms with Crippen molar-refractivity contribution in [3.63, 3.8) is 0 Å². The van der Waals surface area contributed by atoms with E-state index in [0.29, 0.717) is 24.5 Å². The van der Waals surface area contributed by atoms with E-state index in [1.54, 1.807) is 12.1 Å². The molecule has 0 unspecified atom stereocenters. The molecule has 2 fully saturated rings. The Labute approximate surface area is 274 Å². The maximum absolute atomic E-state index is 13.5. The number of nitrogens with one attached hydrogen (secondary N) is 3. The Morgan fingerprint density at radius 3 is 2.28 bits per heavy atom. The fourth-order valence-electron chi connectivity index (χ4n) is 6.74. The number of carbonyl (C=O) groups is 2. The van der Waals surface area contributed by atoms with Crippen LogP contribution in [0, 0.1) is 11.3 Å². The molecule has 0 atom stereocenters. The fraction of sp³-hybridized carbons (Fsp3) is 0.486. The minimum absolute atomic E-state index is 0.0322. The molecule has 5 rings (SSSR count). The second kappa shape index (κ2) is 14.4. The van der Waals surface area contributed by atoms with Crippen molar-refractivity contribution >= 4 is 29.7 Å². The molecule has 1 aromatic carbocycles. The average Bonchev–Trinajstić information content (AvgIpc) is 3.51. The first-order valence-electron chi connectivity index (χ1n) is 16.6. The van der Waals surface area contributed by atoms with Gasteiger partial charge in [0.25, 0.3) is 11.5 Å². The number of likely N-dealkylation sites (tertiary alicyclic amines) is 1. The van der Waals surface area contributed by atoms with Crippen molar-refractivity contribution < 1.29 is 9.59 Å². The van der Waals surface area contributed by atoms with E-state index in [-0.39, 0.29) is 46.9 Å². The number of aromatic amines is 1. The number of hydrogen-bond donors (Lipinski definition) is 4. The topological polar surface area (TPSA) is 171 Å². The van der Waals surface area contributed by atoms with Crippen LogP contribution >= 0.6 is 0 Å². The predicted octanol–water partition coefficient (Wildman–Crippen LogP) is 5.02. The van der Waals surface area contributed by atoms with Gasteiger partial charge in [-0.1, -0.05) is 45.2 Å². The van der Waals surface area contributed by atoms with Crippen molar-refractivity contribution in [1.82, 2.24) is 19.0 Å². The van der Waals surface area contributed by atoms with Crippen LogP contribution in [0.1, 0.15) is 112 Å². The van der Waals surface area contributed by atoms with Crippen LogP contribution in [0.25, 0.3) is 11.1 Å². The van der Waals surface area contributed by atoms with E-state index in [9.17, 15) is 19.2 Å². The minimum atomic E-state index is -0.573. The predicted molar refractivity (Wildman–Crippen MR) is 185 cm³/mol. The number of piperidine rings is 1. The molecule has 0 spiro atoms. The number of anilines is 1. The molecule has 12 nitrogen and oxygen atoms in total. The van der Waals surface area contributed by atoms with Gasteiger partial charge >= 0.3 is 5.69 Å². The summed E-state index contributed by atoms with van der Waals surface area (Å²) in [7, 11) is 0. The van der Waals surface area contributed by atoms with E-state index in [2.05, 4.69) is 15.3 Å². The molecule has 2 amide bonds. The van der Waals surface area contributed by atoms with Gasteiger partial charge in [-0.2, -0.15) is 0 Å². The molecule has 1 aliphatic heterocycles.